The van der Waals surface area contributed by atoms with E-state index in [0.717, 1.165) is 0 Å². The molecule has 4 N–H and O–H groups in total. The molecule has 9 heteroatoms. The molecule has 0 saturated heterocycles. The Bertz CT molecular complexity index is 1310. The highest BCUT2D eigenvalue weighted by atomic mass is 31.2. The van der Waals surface area contributed by atoms with Gasteiger partial charge in [0.05, 0.1) is 6.16 Å². The van der Waals surface area contributed by atoms with Crippen LogP contribution in [0.1, 0.15) is 0 Å². The smallest absolute Gasteiger partial charge is 0.311 e. The summed E-state index contributed by atoms with van der Waals surface area (Å²) < 4.78 is 26.3. The molecule has 0 aromatic heterocycles. The summed E-state index contributed by atoms with van der Waals surface area (Å²) in [5.74, 6) is 3.63. The van der Waals surface area contributed by atoms with Gasteiger partial charge in [0.25, 0.3) is 0 Å². The van der Waals surface area contributed by atoms with Crippen LogP contribution in [0, 0.1) is 0 Å². The number of carbonyl (C=O) groups is 2. The lowest BCUT2D eigenvalue weighted by Gasteiger charge is -2.18. The Kier molecular flexibility index (Phi) is 9.76. The van der Waals surface area contributed by atoms with Crippen molar-refractivity contribution in [3.63, 3.8) is 0 Å². The van der Waals surface area contributed by atoms with Crippen molar-refractivity contribution in [3.8, 4) is 0 Å². The standard InChI is InChI=1S/C14H15N2O2P.C14H13O3P/c15-16-14(17)11-19(18,12-7-3-1-4-8-12)13-9-5-2-6-10-13;15-14(16)11-18(17,12-7-3-1-4-8-12)13-9-5-2-6-10-13/h1-10H,11,15H2,(H,16,17);1-10H,11H2,(H,15,16). The van der Waals surface area contributed by atoms with Crippen molar-refractivity contribution in [2.24, 2.45) is 5.84 Å². The monoisotopic (exact) mass is 534 g/mol. The lowest BCUT2D eigenvalue weighted by molar-refractivity contribution is -0.134. The summed E-state index contributed by atoms with van der Waals surface area (Å²) in [6.45, 7) is 0. The first kappa shape index (κ1) is 27.8. The van der Waals surface area contributed by atoms with Gasteiger partial charge < -0.3 is 14.2 Å². The minimum atomic E-state index is -3.08. The zero-order chi connectivity index (χ0) is 26.7. The van der Waals surface area contributed by atoms with Gasteiger partial charge in [-0.25, -0.2) is 5.84 Å². The number of carbonyl (C=O) groups excluding carboxylic acids is 1. The first-order valence-electron chi connectivity index (χ1n) is 11.4. The molecule has 0 aliphatic heterocycles. The summed E-state index contributed by atoms with van der Waals surface area (Å²) in [6.07, 6.45) is -0.488. The highest BCUT2D eigenvalue weighted by Crippen LogP contribution is 2.43. The maximum atomic E-state index is 13.3. The highest BCUT2D eigenvalue weighted by Gasteiger charge is 2.30. The Morgan fingerprint density at radius 3 is 1.08 bits per heavy atom. The van der Waals surface area contributed by atoms with Gasteiger partial charge in [-0.2, -0.15) is 0 Å². The van der Waals surface area contributed by atoms with Gasteiger partial charge in [-0.05, 0) is 0 Å². The van der Waals surface area contributed by atoms with Gasteiger partial charge in [0, 0.05) is 21.2 Å². The van der Waals surface area contributed by atoms with E-state index in [1.54, 1.807) is 72.8 Å². The maximum Gasteiger partial charge on any atom is 0.311 e. The molecular formula is C28H28N2O5P2. The number of hydrogen-bond acceptors (Lipinski definition) is 5. The fourth-order valence-electron chi connectivity index (χ4n) is 3.78. The number of benzene rings is 4. The lowest BCUT2D eigenvalue weighted by Crippen LogP contribution is -2.35. The fraction of sp³-hybridized carbons (Fsp3) is 0.0714. The second-order valence-electron chi connectivity index (χ2n) is 8.10. The van der Waals surface area contributed by atoms with Crippen LogP contribution in [0.15, 0.2) is 121 Å². The van der Waals surface area contributed by atoms with E-state index in [4.69, 9.17) is 10.9 Å². The summed E-state index contributed by atoms with van der Waals surface area (Å²) in [4.78, 5) is 22.6. The maximum absolute atomic E-state index is 13.3. The van der Waals surface area contributed by atoms with E-state index in [1.807, 2.05) is 54.0 Å². The molecule has 37 heavy (non-hydrogen) atoms. The van der Waals surface area contributed by atoms with Gasteiger partial charge in [-0.3, -0.25) is 15.0 Å². The summed E-state index contributed by atoms with van der Waals surface area (Å²) >= 11 is 0. The molecule has 0 saturated carbocycles. The number of carboxylic acid groups (broad SMARTS) is 1. The van der Waals surface area contributed by atoms with Crippen LogP contribution in [0.4, 0.5) is 0 Å². The van der Waals surface area contributed by atoms with Gasteiger partial charge in [-0.15, -0.1) is 0 Å². The third-order valence-corrected chi connectivity index (χ3v) is 11.6. The zero-order valence-corrected chi connectivity index (χ0v) is 21.8. The molecule has 7 nitrogen and oxygen atoms in total. The van der Waals surface area contributed by atoms with E-state index in [9.17, 15) is 18.7 Å². The second-order valence-corrected chi connectivity index (χ2v) is 13.8. The molecule has 0 fully saturated rings. The largest absolute Gasteiger partial charge is 0.481 e. The third kappa shape index (κ3) is 7.14. The van der Waals surface area contributed by atoms with Crippen LogP contribution in [-0.2, 0) is 18.7 Å². The van der Waals surface area contributed by atoms with Crippen LogP contribution < -0.4 is 32.5 Å². The van der Waals surface area contributed by atoms with E-state index in [-0.39, 0.29) is 12.3 Å². The van der Waals surface area contributed by atoms with E-state index in [0.29, 0.717) is 21.2 Å². The van der Waals surface area contributed by atoms with Gasteiger partial charge in [0.1, 0.15) is 6.16 Å². The third-order valence-electron chi connectivity index (χ3n) is 5.58. The van der Waals surface area contributed by atoms with Crippen LogP contribution >= 0.6 is 14.3 Å². The number of nitrogens with one attached hydrogen (secondary N) is 1. The first-order chi connectivity index (χ1) is 17.8. The van der Waals surface area contributed by atoms with Crippen molar-refractivity contribution in [1.29, 1.82) is 0 Å². The molecule has 0 bridgehead atoms. The number of carboxylic acids is 1. The Morgan fingerprint density at radius 1 is 0.568 bits per heavy atom. The van der Waals surface area contributed by atoms with Crippen LogP contribution in [0.3, 0.4) is 0 Å². The molecule has 4 aromatic rings. The van der Waals surface area contributed by atoms with Crippen molar-refractivity contribution < 1.29 is 23.8 Å². The lowest BCUT2D eigenvalue weighted by atomic mass is 10.4. The summed E-state index contributed by atoms with van der Waals surface area (Å²) in [7, 11) is -6.07. The Hall–Kier alpha value is -3.76. The molecule has 190 valence electrons. The number of hydrazine groups is 1. The normalized spacial score (nSPS) is 11.1. The first-order valence-corrected chi connectivity index (χ1v) is 15.2. The van der Waals surface area contributed by atoms with Crippen molar-refractivity contribution in [1.82, 2.24) is 5.43 Å². The van der Waals surface area contributed by atoms with E-state index in [1.165, 1.54) is 0 Å². The number of rotatable bonds is 8. The molecule has 0 spiro atoms. The summed E-state index contributed by atoms with van der Waals surface area (Å²) in [6, 6.07) is 35.6. The Morgan fingerprint density at radius 2 is 0.838 bits per heavy atom. The molecule has 4 rings (SSSR count). The SMILES string of the molecule is NNC(=O)CP(=O)(c1ccccc1)c1ccccc1.O=C(O)CP(=O)(c1ccccc1)c1ccccc1. The average molecular weight is 534 g/mol. The van der Waals surface area contributed by atoms with Gasteiger partial charge in [0.2, 0.25) is 5.91 Å². The van der Waals surface area contributed by atoms with Crippen LogP contribution in [0.25, 0.3) is 0 Å². The highest BCUT2D eigenvalue weighted by molar-refractivity contribution is 7.79. The second kappa shape index (κ2) is 13.0. The predicted octanol–water partition coefficient (Wildman–Crippen LogP) is 3.08. The van der Waals surface area contributed by atoms with Crippen LogP contribution in [-0.4, -0.2) is 29.3 Å². The number of nitrogens with two attached hydrogens (primary N) is 1. The minimum Gasteiger partial charge on any atom is -0.481 e. The van der Waals surface area contributed by atoms with Gasteiger partial charge >= 0.3 is 5.97 Å². The Labute approximate surface area is 216 Å². The predicted molar refractivity (Wildman–Crippen MR) is 149 cm³/mol. The Balaban J connectivity index is 0.000000206. The van der Waals surface area contributed by atoms with E-state index >= 15 is 0 Å². The molecule has 0 aliphatic rings. The summed E-state index contributed by atoms with van der Waals surface area (Å²) in [5, 5.41) is 11.5. The molecule has 0 unspecified atom stereocenters. The van der Waals surface area contributed by atoms with Crippen molar-refractivity contribution in [2.75, 3.05) is 12.3 Å². The number of hydrogen-bond donors (Lipinski definition) is 3. The topological polar surface area (TPSA) is 127 Å². The van der Waals surface area contributed by atoms with Crippen LogP contribution in [0.2, 0.25) is 0 Å². The molecule has 0 heterocycles. The minimum absolute atomic E-state index is 0.127. The average Bonchev–Trinajstić information content (AvgIpc) is 2.95. The molecular weight excluding hydrogens is 506 g/mol. The fourth-order valence-corrected chi connectivity index (χ4v) is 8.60. The molecule has 0 atom stereocenters. The number of amides is 1. The zero-order valence-electron chi connectivity index (χ0n) is 20.0. The van der Waals surface area contributed by atoms with E-state index in [2.05, 4.69) is 0 Å². The van der Waals surface area contributed by atoms with Gasteiger partial charge in [0.15, 0.2) is 14.3 Å². The quantitative estimate of drug-likeness (QED) is 0.138. The molecule has 1 amide bonds. The summed E-state index contributed by atoms with van der Waals surface area (Å²) in [5.41, 5.74) is 2.05. The van der Waals surface area contributed by atoms with Crippen molar-refractivity contribution in [2.45, 2.75) is 0 Å². The van der Waals surface area contributed by atoms with E-state index < -0.39 is 26.2 Å². The molecule has 0 radical (unpaired) electrons. The molecule has 0 aliphatic carbocycles. The van der Waals surface area contributed by atoms with Crippen molar-refractivity contribution >= 4 is 47.4 Å². The van der Waals surface area contributed by atoms with Crippen molar-refractivity contribution in [3.05, 3.63) is 121 Å². The van der Waals surface area contributed by atoms with Gasteiger partial charge in [-0.1, -0.05) is 121 Å². The van der Waals surface area contributed by atoms with Crippen LogP contribution in [0.5, 0.6) is 0 Å². The number of aliphatic carboxylic acids is 1. The molecule has 4 aromatic carbocycles.